The largest absolute Gasteiger partial charge is 0.387 e. The Morgan fingerprint density at radius 1 is 0.634 bits per heavy atom. The number of carbonyl (C=O) groups is 1. The maximum absolute atomic E-state index is 12.4. The molecule has 0 aliphatic rings. The van der Waals surface area contributed by atoms with Crippen molar-refractivity contribution in [1.82, 2.24) is 5.32 Å². The number of allylic oxidation sites excluding steroid dienone is 3. The zero-order valence-corrected chi connectivity index (χ0v) is 27.5. The van der Waals surface area contributed by atoms with Crippen molar-refractivity contribution in [2.45, 2.75) is 180 Å². The van der Waals surface area contributed by atoms with E-state index in [0.717, 1.165) is 57.8 Å². The Balaban J connectivity index is 4.05. The second-order valence-electron chi connectivity index (χ2n) is 11.8. The van der Waals surface area contributed by atoms with Gasteiger partial charge in [-0.2, -0.15) is 8.42 Å². The van der Waals surface area contributed by atoms with Gasteiger partial charge in [0.1, 0.15) is 0 Å². The average Bonchev–Trinajstić information content (AvgIpc) is 2.92. The first-order valence-corrected chi connectivity index (χ1v) is 18.6. The molecule has 242 valence electrons. The van der Waals surface area contributed by atoms with Crippen molar-refractivity contribution in [3.05, 3.63) is 24.3 Å². The molecule has 0 saturated carbocycles. The van der Waals surface area contributed by atoms with E-state index < -0.39 is 28.0 Å². The Hall–Kier alpha value is -1.18. The number of rotatable bonds is 30. The SMILES string of the molecule is CCCCCCC/C=C\CCCCCCCC(=O)NC(CS(=O)(=O)O)C(O)/C=C/CCCCCCCCCCCC. The molecular formula is C34H65NO5S. The normalized spacial score (nSPS) is 13.8. The molecule has 41 heavy (non-hydrogen) atoms. The lowest BCUT2D eigenvalue weighted by Gasteiger charge is -2.21. The van der Waals surface area contributed by atoms with Crippen molar-refractivity contribution in [2.24, 2.45) is 0 Å². The molecule has 2 atom stereocenters. The molecule has 0 aliphatic carbocycles. The average molecular weight is 600 g/mol. The maximum Gasteiger partial charge on any atom is 0.267 e. The van der Waals surface area contributed by atoms with Crippen LogP contribution in [-0.4, -0.2) is 41.9 Å². The summed E-state index contributed by atoms with van der Waals surface area (Å²) in [7, 11) is -4.33. The van der Waals surface area contributed by atoms with Crippen LogP contribution in [0.5, 0.6) is 0 Å². The molecule has 0 radical (unpaired) electrons. The van der Waals surface area contributed by atoms with E-state index in [0.29, 0.717) is 0 Å². The Bertz CT molecular complexity index is 750. The van der Waals surface area contributed by atoms with Crippen molar-refractivity contribution in [3.8, 4) is 0 Å². The molecule has 0 spiro atoms. The van der Waals surface area contributed by atoms with Gasteiger partial charge in [0.25, 0.3) is 10.1 Å². The van der Waals surface area contributed by atoms with Crippen LogP contribution in [0.4, 0.5) is 0 Å². The summed E-state index contributed by atoms with van der Waals surface area (Å²) in [5.74, 6) is -0.989. The molecule has 0 fully saturated rings. The lowest BCUT2D eigenvalue weighted by atomic mass is 10.1. The fraction of sp³-hybridized carbons (Fsp3) is 0.853. The van der Waals surface area contributed by atoms with Crippen molar-refractivity contribution in [2.75, 3.05) is 5.75 Å². The predicted molar refractivity (Wildman–Crippen MR) is 175 cm³/mol. The number of aliphatic hydroxyl groups is 1. The van der Waals surface area contributed by atoms with Gasteiger partial charge >= 0.3 is 0 Å². The number of hydrogen-bond donors (Lipinski definition) is 3. The molecule has 6 nitrogen and oxygen atoms in total. The first-order valence-electron chi connectivity index (χ1n) is 17.0. The third kappa shape index (κ3) is 30.1. The minimum absolute atomic E-state index is 0.287. The monoisotopic (exact) mass is 599 g/mol. The molecule has 0 aromatic heterocycles. The van der Waals surface area contributed by atoms with Gasteiger partial charge in [0.2, 0.25) is 5.91 Å². The van der Waals surface area contributed by atoms with Gasteiger partial charge in [-0.25, -0.2) is 0 Å². The summed E-state index contributed by atoms with van der Waals surface area (Å²) in [6.45, 7) is 4.47. The smallest absolute Gasteiger partial charge is 0.267 e. The topological polar surface area (TPSA) is 104 Å². The van der Waals surface area contributed by atoms with Gasteiger partial charge in [-0.15, -0.1) is 0 Å². The van der Waals surface area contributed by atoms with Crippen LogP contribution >= 0.6 is 0 Å². The summed E-state index contributed by atoms with van der Waals surface area (Å²) in [5, 5.41) is 13.1. The number of amides is 1. The van der Waals surface area contributed by atoms with Gasteiger partial charge in [-0.05, 0) is 44.9 Å². The highest BCUT2D eigenvalue weighted by molar-refractivity contribution is 7.85. The predicted octanol–water partition coefficient (Wildman–Crippen LogP) is 9.23. The molecule has 0 aromatic carbocycles. The third-order valence-electron chi connectivity index (χ3n) is 7.62. The van der Waals surface area contributed by atoms with Gasteiger partial charge in [-0.3, -0.25) is 9.35 Å². The number of carbonyl (C=O) groups excluding carboxylic acids is 1. The van der Waals surface area contributed by atoms with Crippen LogP contribution in [0.15, 0.2) is 24.3 Å². The van der Waals surface area contributed by atoms with E-state index in [4.69, 9.17) is 0 Å². The molecular weight excluding hydrogens is 534 g/mol. The minimum Gasteiger partial charge on any atom is -0.387 e. The molecule has 0 bridgehead atoms. The van der Waals surface area contributed by atoms with Crippen LogP contribution in [0.1, 0.15) is 168 Å². The molecule has 1 amide bonds. The van der Waals surface area contributed by atoms with E-state index in [1.165, 1.54) is 89.9 Å². The number of unbranched alkanes of at least 4 members (excludes halogenated alkanes) is 20. The van der Waals surface area contributed by atoms with E-state index in [1.54, 1.807) is 6.08 Å². The lowest BCUT2D eigenvalue weighted by Crippen LogP contribution is -2.46. The molecule has 0 aliphatic heterocycles. The van der Waals surface area contributed by atoms with Crippen LogP contribution in [0.2, 0.25) is 0 Å². The highest BCUT2D eigenvalue weighted by Crippen LogP contribution is 2.13. The van der Waals surface area contributed by atoms with Gasteiger partial charge in [0, 0.05) is 6.42 Å². The van der Waals surface area contributed by atoms with Gasteiger partial charge in [0.05, 0.1) is 17.9 Å². The molecule has 2 unspecified atom stereocenters. The summed E-state index contributed by atoms with van der Waals surface area (Å²) in [4.78, 5) is 12.4. The summed E-state index contributed by atoms with van der Waals surface area (Å²) in [6.07, 6.45) is 34.4. The van der Waals surface area contributed by atoms with Crippen LogP contribution in [0.3, 0.4) is 0 Å². The number of aliphatic hydroxyl groups excluding tert-OH is 1. The molecule has 3 N–H and O–H groups in total. The Labute approximate surface area is 254 Å². The van der Waals surface area contributed by atoms with E-state index in [-0.39, 0.29) is 12.3 Å². The molecule has 0 aromatic rings. The highest BCUT2D eigenvalue weighted by atomic mass is 32.2. The summed E-state index contributed by atoms with van der Waals surface area (Å²) in [6, 6.07) is -1.06. The van der Waals surface area contributed by atoms with Crippen LogP contribution in [-0.2, 0) is 14.9 Å². The summed E-state index contributed by atoms with van der Waals surface area (Å²) in [5.41, 5.74) is 0. The standard InChI is InChI=1S/C34H65NO5S/c1-3-5-7-9-11-13-15-17-18-20-22-24-26-28-30-34(37)35-32(31-41(38,39)40)33(36)29-27-25-23-21-19-16-14-12-10-8-6-4-2/h15,17,27,29,32-33,36H,3-14,16,18-26,28,30-31H2,1-2H3,(H,35,37)(H,38,39,40)/b17-15-,29-27+. The van der Waals surface area contributed by atoms with Crippen LogP contribution in [0.25, 0.3) is 0 Å². The van der Waals surface area contributed by atoms with Gasteiger partial charge < -0.3 is 10.4 Å². The molecule has 7 heteroatoms. The number of hydrogen-bond acceptors (Lipinski definition) is 4. The molecule has 0 heterocycles. The second-order valence-corrected chi connectivity index (χ2v) is 13.3. The zero-order valence-electron chi connectivity index (χ0n) is 26.7. The fourth-order valence-corrected chi connectivity index (χ4v) is 5.76. The van der Waals surface area contributed by atoms with E-state index in [1.807, 2.05) is 6.08 Å². The van der Waals surface area contributed by atoms with Crippen molar-refractivity contribution in [1.29, 1.82) is 0 Å². The van der Waals surface area contributed by atoms with E-state index in [2.05, 4.69) is 31.3 Å². The zero-order chi connectivity index (χ0) is 30.4. The van der Waals surface area contributed by atoms with Gasteiger partial charge in [-0.1, -0.05) is 141 Å². The fourth-order valence-electron chi connectivity index (χ4n) is 5.03. The quantitative estimate of drug-likeness (QED) is 0.0434. The Morgan fingerprint density at radius 2 is 1.02 bits per heavy atom. The molecule has 0 saturated heterocycles. The van der Waals surface area contributed by atoms with Crippen LogP contribution in [0, 0.1) is 0 Å². The van der Waals surface area contributed by atoms with Crippen molar-refractivity contribution < 1.29 is 22.9 Å². The van der Waals surface area contributed by atoms with E-state index >= 15 is 0 Å². The highest BCUT2D eigenvalue weighted by Gasteiger charge is 2.24. The van der Waals surface area contributed by atoms with Crippen LogP contribution < -0.4 is 5.32 Å². The minimum atomic E-state index is -4.33. The first kappa shape index (κ1) is 39.8. The van der Waals surface area contributed by atoms with Gasteiger partial charge in [0.15, 0.2) is 0 Å². The Kier molecular flexibility index (Phi) is 28.1. The summed E-state index contributed by atoms with van der Waals surface area (Å²) < 4.78 is 32.2. The lowest BCUT2D eigenvalue weighted by molar-refractivity contribution is -0.122. The number of nitrogens with one attached hydrogen (secondary N) is 1. The second kappa shape index (κ2) is 28.9. The van der Waals surface area contributed by atoms with Crippen molar-refractivity contribution >= 4 is 16.0 Å². The Morgan fingerprint density at radius 3 is 1.46 bits per heavy atom. The molecule has 0 rings (SSSR count). The first-order chi connectivity index (χ1) is 19.8. The summed E-state index contributed by atoms with van der Waals surface area (Å²) >= 11 is 0. The van der Waals surface area contributed by atoms with E-state index in [9.17, 15) is 22.9 Å². The third-order valence-corrected chi connectivity index (χ3v) is 8.40. The maximum atomic E-state index is 12.4. The van der Waals surface area contributed by atoms with Crippen molar-refractivity contribution in [3.63, 3.8) is 0 Å².